The van der Waals surface area contributed by atoms with Crippen LogP contribution in [0.3, 0.4) is 0 Å². The standard InChI is InChI=1S/C18H28O2/c1-18(2,3)16(12-19)14-10-8-13(9-11-14)15-6-4-5-7-17(15)20/h8-11,15-17,19-20H,4-7,12H2,1-3H3. The van der Waals surface area contributed by atoms with Crippen LogP contribution in [-0.4, -0.2) is 22.9 Å². The van der Waals surface area contributed by atoms with E-state index in [0.717, 1.165) is 19.3 Å². The van der Waals surface area contributed by atoms with Gasteiger partial charge in [0, 0.05) is 11.8 Å². The van der Waals surface area contributed by atoms with E-state index in [2.05, 4.69) is 45.0 Å². The molecule has 0 radical (unpaired) electrons. The van der Waals surface area contributed by atoms with Gasteiger partial charge in [-0.05, 0) is 29.4 Å². The van der Waals surface area contributed by atoms with Crippen molar-refractivity contribution in [3.8, 4) is 0 Å². The predicted octanol–water partition coefficient (Wildman–Crippen LogP) is 3.83. The third-order valence-electron chi connectivity index (χ3n) is 4.72. The van der Waals surface area contributed by atoms with Crippen molar-refractivity contribution in [3.05, 3.63) is 35.4 Å². The lowest BCUT2D eigenvalue weighted by molar-refractivity contribution is 0.106. The Morgan fingerprint density at radius 1 is 1.10 bits per heavy atom. The molecule has 1 fully saturated rings. The van der Waals surface area contributed by atoms with Crippen LogP contribution in [0.15, 0.2) is 24.3 Å². The molecule has 1 aromatic carbocycles. The van der Waals surface area contributed by atoms with E-state index in [1.807, 2.05) is 0 Å². The van der Waals surface area contributed by atoms with Crippen molar-refractivity contribution in [2.45, 2.75) is 64.4 Å². The van der Waals surface area contributed by atoms with Crippen LogP contribution in [0, 0.1) is 5.41 Å². The summed E-state index contributed by atoms with van der Waals surface area (Å²) in [6.45, 7) is 6.65. The molecule has 1 aliphatic rings. The maximum atomic E-state index is 10.1. The first-order valence-corrected chi connectivity index (χ1v) is 7.82. The van der Waals surface area contributed by atoms with Gasteiger partial charge in [0.15, 0.2) is 0 Å². The third-order valence-corrected chi connectivity index (χ3v) is 4.72. The molecule has 112 valence electrons. The van der Waals surface area contributed by atoms with Crippen LogP contribution in [0.4, 0.5) is 0 Å². The highest BCUT2D eigenvalue weighted by Crippen LogP contribution is 2.37. The van der Waals surface area contributed by atoms with E-state index < -0.39 is 0 Å². The van der Waals surface area contributed by atoms with Crippen molar-refractivity contribution in [2.24, 2.45) is 5.41 Å². The number of aliphatic hydroxyl groups is 2. The van der Waals surface area contributed by atoms with Crippen molar-refractivity contribution in [1.29, 1.82) is 0 Å². The van der Waals surface area contributed by atoms with Crippen LogP contribution >= 0.6 is 0 Å². The minimum absolute atomic E-state index is 0.0562. The highest BCUT2D eigenvalue weighted by atomic mass is 16.3. The summed E-state index contributed by atoms with van der Waals surface area (Å²) in [6, 6.07) is 8.54. The first-order valence-electron chi connectivity index (χ1n) is 7.82. The molecule has 20 heavy (non-hydrogen) atoms. The number of hydrogen-bond acceptors (Lipinski definition) is 2. The predicted molar refractivity (Wildman–Crippen MR) is 82.9 cm³/mol. The molecule has 2 nitrogen and oxygen atoms in total. The summed E-state index contributed by atoms with van der Waals surface area (Å²) in [5, 5.41) is 19.8. The van der Waals surface area contributed by atoms with E-state index in [9.17, 15) is 10.2 Å². The molecule has 0 bridgehead atoms. The first kappa shape index (κ1) is 15.5. The van der Waals surface area contributed by atoms with Gasteiger partial charge in [-0.15, -0.1) is 0 Å². The topological polar surface area (TPSA) is 40.5 Å². The normalized spacial score (nSPS) is 25.4. The number of benzene rings is 1. The lowest BCUT2D eigenvalue weighted by Crippen LogP contribution is -2.23. The van der Waals surface area contributed by atoms with Crippen molar-refractivity contribution in [3.63, 3.8) is 0 Å². The zero-order valence-electron chi connectivity index (χ0n) is 13.0. The Hall–Kier alpha value is -0.860. The molecule has 3 unspecified atom stereocenters. The van der Waals surface area contributed by atoms with E-state index >= 15 is 0 Å². The molecular formula is C18H28O2. The van der Waals surface area contributed by atoms with E-state index in [0.29, 0.717) is 5.92 Å². The molecule has 0 aromatic heterocycles. The zero-order chi connectivity index (χ0) is 14.8. The Bertz CT molecular complexity index is 416. The summed E-state index contributed by atoms with van der Waals surface area (Å²) in [4.78, 5) is 0. The first-order chi connectivity index (χ1) is 9.43. The molecule has 0 amide bonds. The fraction of sp³-hybridized carbons (Fsp3) is 0.667. The minimum atomic E-state index is -0.189. The van der Waals surface area contributed by atoms with E-state index in [4.69, 9.17) is 0 Å². The summed E-state index contributed by atoms with van der Waals surface area (Å²) < 4.78 is 0. The molecule has 2 N–H and O–H groups in total. The number of aliphatic hydroxyl groups excluding tert-OH is 2. The lowest BCUT2D eigenvalue weighted by Gasteiger charge is -2.31. The Morgan fingerprint density at radius 3 is 2.20 bits per heavy atom. The van der Waals surface area contributed by atoms with E-state index in [1.165, 1.54) is 17.5 Å². The largest absolute Gasteiger partial charge is 0.396 e. The van der Waals surface area contributed by atoms with Gasteiger partial charge in [0.1, 0.15) is 0 Å². The van der Waals surface area contributed by atoms with Gasteiger partial charge in [0.2, 0.25) is 0 Å². The van der Waals surface area contributed by atoms with Crippen molar-refractivity contribution < 1.29 is 10.2 Å². The van der Waals surface area contributed by atoms with Crippen LogP contribution in [-0.2, 0) is 0 Å². The second kappa shape index (κ2) is 6.28. The van der Waals surface area contributed by atoms with Gasteiger partial charge in [-0.25, -0.2) is 0 Å². The van der Waals surface area contributed by atoms with Crippen molar-refractivity contribution in [2.75, 3.05) is 6.61 Å². The summed E-state index contributed by atoms with van der Waals surface area (Å²) >= 11 is 0. The Kier molecular flexibility index (Phi) is 4.87. The Morgan fingerprint density at radius 2 is 1.70 bits per heavy atom. The van der Waals surface area contributed by atoms with Crippen LogP contribution < -0.4 is 0 Å². The van der Waals surface area contributed by atoms with Gasteiger partial charge in [0.25, 0.3) is 0 Å². The second-order valence-electron chi connectivity index (χ2n) is 7.23. The van der Waals surface area contributed by atoms with E-state index in [-0.39, 0.29) is 24.0 Å². The van der Waals surface area contributed by atoms with Gasteiger partial charge in [-0.2, -0.15) is 0 Å². The van der Waals surface area contributed by atoms with Crippen LogP contribution in [0.25, 0.3) is 0 Å². The van der Waals surface area contributed by atoms with Crippen LogP contribution in [0.5, 0.6) is 0 Å². The monoisotopic (exact) mass is 276 g/mol. The molecule has 0 spiro atoms. The fourth-order valence-corrected chi connectivity index (χ4v) is 3.35. The van der Waals surface area contributed by atoms with Gasteiger partial charge in [-0.1, -0.05) is 57.9 Å². The number of rotatable bonds is 3. The maximum absolute atomic E-state index is 10.1. The molecule has 1 aromatic rings. The SMILES string of the molecule is CC(C)(C)C(CO)c1ccc(C2CCCCC2O)cc1. The summed E-state index contributed by atoms with van der Waals surface area (Å²) in [5.41, 5.74) is 2.49. The summed E-state index contributed by atoms with van der Waals surface area (Å²) in [6.07, 6.45) is 4.18. The summed E-state index contributed by atoms with van der Waals surface area (Å²) in [7, 11) is 0. The van der Waals surface area contributed by atoms with E-state index in [1.54, 1.807) is 0 Å². The quantitative estimate of drug-likeness (QED) is 0.881. The molecule has 1 aliphatic carbocycles. The molecule has 0 heterocycles. The highest BCUT2D eigenvalue weighted by molar-refractivity contribution is 5.29. The summed E-state index contributed by atoms with van der Waals surface area (Å²) in [5.74, 6) is 0.452. The third kappa shape index (κ3) is 3.42. The van der Waals surface area contributed by atoms with Gasteiger partial charge < -0.3 is 10.2 Å². The zero-order valence-corrected chi connectivity index (χ0v) is 13.0. The molecule has 0 aliphatic heterocycles. The maximum Gasteiger partial charge on any atom is 0.0608 e. The fourth-order valence-electron chi connectivity index (χ4n) is 3.35. The minimum Gasteiger partial charge on any atom is -0.396 e. The molecule has 2 heteroatoms. The number of hydrogen-bond donors (Lipinski definition) is 2. The molecule has 1 saturated carbocycles. The average Bonchev–Trinajstić information content (AvgIpc) is 2.39. The molecular weight excluding hydrogens is 248 g/mol. The lowest BCUT2D eigenvalue weighted by atomic mass is 9.76. The van der Waals surface area contributed by atoms with Gasteiger partial charge >= 0.3 is 0 Å². The van der Waals surface area contributed by atoms with Crippen LogP contribution in [0.2, 0.25) is 0 Å². The second-order valence-corrected chi connectivity index (χ2v) is 7.23. The average molecular weight is 276 g/mol. The van der Waals surface area contributed by atoms with Gasteiger partial charge in [0.05, 0.1) is 12.7 Å². The molecule has 2 rings (SSSR count). The Balaban J connectivity index is 2.17. The van der Waals surface area contributed by atoms with Crippen molar-refractivity contribution in [1.82, 2.24) is 0 Å². The smallest absolute Gasteiger partial charge is 0.0608 e. The molecule has 3 atom stereocenters. The Labute approximate surface area is 122 Å². The molecule has 0 saturated heterocycles. The van der Waals surface area contributed by atoms with Crippen molar-refractivity contribution >= 4 is 0 Å². The van der Waals surface area contributed by atoms with Gasteiger partial charge in [-0.3, -0.25) is 0 Å². The highest BCUT2D eigenvalue weighted by Gasteiger charge is 2.27. The van der Waals surface area contributed by atoms with Crippen LogP contribution in [0.1, 0.15) is 69.4 Å².